The number of oxime groups is 1. The van der Waals surface area contributed by atoms with Crippen LogP contribution in [0.2, 0.25) is 0 Å². The molecule has 21 heteroatoms. The Balaban J connectivity index is 1.29. The van der Waals surface area contributed by atoms with Crippen molar-refractivity contribution >= 4 is 64.9 Å². The summed E-state index contributed by atoms with van der Waals surface area (Å²) in [5, 5.41) is 27.6. The number of nitrogens with one attached hydrogen (secondary N) is 3. The Bertz CT molecular complexity index is 1630. The fraction of sp³-hybridized carbons (Fsp3) is 0.440. The maximum atomic E-state index is 13.5. The molecule has 3 amide bonds. The van der Waals surface area contributed by atoms with Gasteiger partial charge in [0.1, 0.15) is 29.8 Å². The molecule has 2 aliphatic heterocycles. The quantitative estimate of drug-likeness (QED) is 0.0624. The highest BCUT2D eigenvalue weighted by Crippen LogP contribution is 2.41. The number of carboxylic acid groups (broad SMARTS) is 1. The van der Waals surface area contributed by atoms with Crippen molar-refractivity contribution in [3.8, 4) is 12.3 Å². The number of H-pyrrole nitrogens is 1. The molecule has 1 saturated carbocycles. The predicted octanol–water partition coefficient (Wildman–Crippen LogP) is 1.51. The van der Waals surface area contributed by atoms with Crippen molar-refractivity contribution in [3.63, 3.8) is 0 Å². The van der Waals surface area contributed by atoms with E-state index in [-0.39, 0.29) is 46.2 Å². The molecule has 0 spiro atoms. The van der Waals surface area contributed by atoms with E-state index < -0.39 is 41.3 Å². The van der Waals surface area contributed by atoms with Crippen molar-refractivity contribution in [2.24, 2.45) is 5.16 Å². The fourth-order valence-electron chi connectivity index (χ4n) is 4.72. The number of carboxylic acids is 1. The molecule has 0 radical (unpaired) electrons. The zero-order chi connectivity index (χ0) is 33.0. The number of halogens is 3. The molecule has 1 saturated heterocycles. The summed E-state index contributed by atoms with van der Waals surface area (Å²) >= 11 is 2.77. The number of carbonyl (C=O) groups is 4. The number of fused-ring (bicyclic) bond motifs is 1. The number of aromatic nitrogens is 5. The fourth-order valence-corrected chi connectivity index (χ4v) is 7.70. The molecule has 2 fully saturated rings. The Kier molecular flexibility index (Phi) is 10.2. The maximum absolute atomic E-state index is 13.5. The summed E-state index contributed by atoms with van der Waals surface area (Å²) in [6.45, 7) is 0.123. The van der Waals surface area contributed by atoms with Crippen LogP contribution in [0.4, 0.5) is 13.2 Å². The first-order valence-corrected chi connectivity index (χ1v) is 16.3. The van der Waals surface area contributed by atoms with Crippen molar-refractivity contribution in [1.82, 2.24) is 40.1 Å². The molecule has 0 aromatic carbocycles. The van der Waals surface area contributed by atoms with Crippen molar-refractivity contribution in [3.05, 3.63) is 29.1 Å². The van der Waals surface area contributed by atoms with E-state index in [0.29, 0.717) is 35.5 Å². The Labute approximate surface area is 271 Å². The van der Waals surface area contributed by atoms with Gasteiger partial charge in [-0.05, 0) is 47.7 Å². The van der Waals surface area contributed by atoms with Crippen LogP contribution in [0.3, 0.4) is 0 Å². The average Bonchev–Trinajstić information content (AvgIpc) is 3.80. The van der Waals surface area contributed by atoms with Crippen molar-refractivity contribution in [1.29, 1.82) is 0 Å². The molecule has 2 aromatic rings. The second kappa shape index (κ2) is 14.1. The second-order valence-electron chi connectivity index (χ2n) is 9.97. The molecule has 4 heterocycles. The van der Waals surface area contributed by atoms with Crippen molar-refractivity contribution in [2.75, 3.05) is 11.5 Å². The standard InChI is InChI=1S/C25H24F3N9O6S3/c1-2-7-36-24(31-34-35-36)45-11-13-10-44-21-17(20(39)37(21)18(13)22(40)41)30-19(38)16(32-43-14-5-3-4-6-14)12-8-15(29-9-12)46-33-23(42)25(26,27)28/h1,8-9,14,17,21,29H,3-7,10-11H2,(H,30,38)(H,33,42)(H,40,41)/t17?,21-/m1/s1. The third kappa shape index (κ3) is 7.28. The van der Waals surface area contributed by atoms with Gasteiger partial charge in [-0.25, -0.2) is 9.48 Å². The first-order chi connectivity index (χ1) is 22.0. The molecule has 1 unspecified atom stereocenters. The van der Waals surface area contributed by atoms with Gasteiger partial charge in [-0.15, -0.1) is 23.3 Å². The zero-order valence-electron chi connectivity index (χ0n) is 23.4. The molecule has 46 heavy (non-hydrogen) atoms. The predicted molar refractivity (Wildman–Crippen MR) is 158 cm³/mol. The minimum Gasteiger partial charge on any atom is -0.477 e. The third-order valence-electron chi connectivity index (χ3n) is 6.90. The van der Waals surface area contributed by atoms with E-state index >= 15 is 0 Å². The van der Waals surface area contributed by atoms with Crippen LogP contribution >= 0.6 is 35.5 Å². The Hall–Kier alpha value is -4.16. The number of hydrogen-bond donors (Lipinski definition) is 4. The number of nitrogens with zero attached hydrogens (tertiary/aromatic N) is 6. The van der Waals surface area contributed by atoms with E-state index in [1.165, 1.54) is 28.7 Å². The van der Waals surface area contributed by atoms with Crippen LogP contribution in [-0.2, 0) is 30.6 Å². The van der Waals surface area contributed by atoms with Crippen LogP contribution in [0.15, 0.2) is 38.9 Å². The summed E-state index contributed by atoms with van der Waals surface area (Å²) in [6.07, 6.45) is 4.55. The summed E-state index contributed by atoms with van der Waals surface area (Å²) in [7, 11) is 0. The highest BCUT2D eigenvalue weighted by atomic mass is 32.2. The number of amides is 3. The topological polar surface area (TPSA) is 197 Å². The largest absolute Gasteiger partial charge is 0.477 e. The molecule has 4 N–H and O–H groups in total. The monoisotopic (exact) mass is 699 g/mol. The highest BCUT2D eigenvalue weighted by molar-refractivity contribution is 8.01. The number of carbonyl (C=O) groups excluding carboxylic acids is 3. The van der Waals surface area contributed by atoms with Gasteiger partial charge in [-0.3, -0.25) is 24.0 Å². The number of β-lactam (4-membered cyclic amide) rings is 1. The van der Waals surface area contributed by atoms with Gasteiger partial charge >= 0.3 is 18.1 Å². The van der Waals surface area contributed by atoms with E-state index in [1.54, 1.807) is 4.72 Å². The first-order valence-electron chi connectivity index (χ1n) is 13.5. The molecule has 15 nitrogen and oxygen atoms in total. The Morgan fingerprint density at radius 2 is 2.07 bits per heavy atom. The molecule has 244 valence electrons. The lowest BCUT2D eigenvalue weighted by atomic mass is 10.0. The van der Waals surface area contributed by atoms with Crippen LogP contribution < -0.4 is 10.0 Å². The van der Waals surface area contributed by atoms with E-state index in [2.05, 4.69) is 36.9 Å². The van der Waals surface area contributed by atoms with Crippen LogP contribution in [0.25, 0.3) is 0 Å². The molecule has 2 aromatic heterocycles. The smallest absolute Gasteiger partial charge is 0.472 e. The second-order valence-corrected chi connectivity index (χ2v) is 12.9. The van der Waals surface area contributed by atoms with Gasteiger partial charge in [0.2, 0.25) is 5.16 Å². The molecule has 2 atom stereocenters. The molecular weight excluding hydrogens is 676 g/mol. The highest BCUT2D eigenvalue weighted by Gasteiger charge is 2.54. The summed E-state index contributed by atoms with van der Waals surface area (Å²) < 4.78 is 40.7. The molecule has 0 bridgehead atoms. The normalized spacial score (nSPS) is 20.2. The van der Waals surface area contributed by atoms with Crippen LogP contribution in [-0.4, -0.2) is 99.8 Å². The van der Waals surface area contributed by atoms with Crippen LogP contribution in [0, 0.1) is 12.3 Å². The molecule has 5 rings (SSSR count). The van der Waals surface area contributed by atoms with E-state index in [4.69, 9.17) is 11.3 Å². The van der Waals surface area contributed by atoms with Crippen LogP contribution in [0.1, 0.15) is 31.2 Å². The summed E-state index contributed by atoms with van der Waals surface area (Å²) in [4.78, 5) is 59.5. The number of aliphatic carboxylic acids is 1. The Morgan fingerprint density at radius 1 is 1.30 bits per heavy atom. The Morgan fingerprint density at radius 3 is 2.76 bits per heavy atom. The van der Waals surface area contributed by atoms with Gasteiger partial charge in [0.15, 0.2) is 5.71 Å². The summed E-state index contributed by atoms with van der Waals surface area (Å²) in [5.74, 6) is -2.14. The zero-order valence-corrected chi connectivity index (χ0v) is 25.9. The number of rotatable bonds is 12. The number of aromatic amines is 1. The summed E-state index contributed by atoms with van der Waals surface area (Å²) in [6, 6.07) is 0.191. The van der Waals surface area contributed by atoms with E-state index in [9.17, 15) is 37.5 Å². The lowest BCUT2D eigenvalue weighted by Gasteiger charge is -2.49. The van der Waals surface area contributed by atoms with Crippen molar-refractivity contribution < 1.29 is 42.3 Å². The van der Waals surface area contributed by atoms with E-state index in [1.807, 2.05) is 0 Å². The average molecular weight is 700 g/mol. The minimum absolute atomic E-state index is 0.0673. The van der Waals surface area contributed by atoms with E-state index in [0.717, 1.165) is 29.5 Å². The minimum atomic E-state index is -5.08. The molecule has 3 aliphatic rings. The van der Waals surface area contributed by atoms with Gasteiger partial charge in [-0.1, -0.05) is 22.8 Å². The number of hydrogen-bond acceptors (Lipinski definition) is 12. The SMILES string of the molecule is C#CCn1nnnc1SCC1=C(C(=O)O)N2C(=O)C(NC(=O)C(=NOC3CCCC3)c3c[nH]c(SNC(=O)C(F)(F)F)c3)[C@H]2SC1. The lowest BCUT2D eigenvalue weighted by Crippen LogP contribution is -2.71. The van der Waals surface area contributed by atoms with Gasteiger partial charge in [0.25, 0.3) is 11.8 Å². The van der Waals surface area contributed by atoms with Crippen molar-refractivity contribution in [2.45, 2.75) is 66.1 Å². The summed E-state index contributed by atoms with van der Waals surface area (Å²) in [5.41, 5.74) is 0.112. The molecule has 1 aliphatic carbocycles. The lowest BCUT2D eigenvalue weighted by molar-refractivity contribution is -0.171. The maximum Gasteiger partial charge on any atom is 0.472 e. The number of tetrazole rings is 1. The number of terminal acetylenes is 1. The van der Waals surface area contributed by atoms with Gasteiger partial charge in [-0.2, -0.15) is 13.2 Å². The number of thioether (sulfide) groups is 2. The molecular formula is C25H24F3N9O6S3. The van der Waals surface area contributed by atoms with Gasteiger partial charge in [0.05, 0.1) is 5.03 Å². The first kappa shape index (κ1) is 33.2. The van der Waals surface area contributed by atoms with Gasteiger partial charge < -0.3 is 20.2 Å². The third-order valence-corrected chi connectivity index (χ3v) is 10.0. The number of alkyl halides is 3. The van der Waals surface area contributed by atoms with Crippen LogP contribution in [0.5, 0.6) is 0 Å². The van der Waals surface area contributed by atoms with Gasteiger partial charge in [0, 0.05) is 35.2 Å².